The first-order valence-corrected chi connectivity index (χ1v) is 2.58. The lowest BCUT2D eigenvalue weighted by Crippen LogP contribution is -2.15. The normalized spacial score (nSPS) is 17.4. The summed E-state index contributed by atoms with van der Waals surface area (Å²) in [5.41, 5.74) is 0.825. The van der Waals surface area contributed by atoms with Gasteiger partial charge in [-0.15, -0.1) is 0 Å². The first-order chi connectivity index (χ1) is 3.80. The smallest absolute Gasteiger partial charge is 0.0893 e. The molecule has 0 unspecified atom stereocenters. The first kappa shape index (κ1) is 5.35. The van der Waals surface area contributed by atoms with E-state index in [0.717, 1.165) is 18.8 Å². The first-order valence-electron chi connectivity index (χ1n) is 2.58. The number of hydrogen-bond donors (Lipinski definition) is 0. The van der Waals surface area contributed by atoms with Gasteiger partial charge < -0.3 is 4.90 Å². The number of rotatable bonds is 1. The van der Waals surface area contributed by atoms with Crippen molar-refractivity contribution in [2.75, 3.05) is 13.1 Å². The second-order valence-electron chi connectivity index (χ2n) is 1.78. The zero-order valence-electron chi connectivity index (χ0n) is 4.80. The van der Waals surface area contributed by atoms with Gasteiger partial charge in [0.1, 0.15) is 0 Å². The highest BCUT2D eigenvalue weighted by atomic mass is 15.2. The minimum absolute atomic E-state index is 0.825. The van der Waals surface area contributed by atoms with Crippen LogP contribution in [0.3, 0.4) is 0 Å². The largest absolute Gasteiger partial charge is 0.335 e. The van der Waals surface area contributed by atoms with E-state index in [0.29, 0.717) is 0 Å². The molecule has 0 aromatic heterocycles. The van der Waals surface area contributed by atoms with Gasteiger partial charge in [0, 0.05) is 12.2 Å². The molecule has 0 fully saturated rings. The molecule has 0 N–H and O–H groups in total. The fourth-order valence-electron chi connectivity index (χ4n) is 0.619. The lowest BCUT2D eigenvalue weighted by molar-refractivity contribution is 0.592. The SMILES string of the molecule is [CH2]C(=C)N1C=NCC1. The molecule has 43 valence electrons. The molecule has 0 spiro atoms. The van der Waals surface area contributed by atoms with Crippen LogP contribution in [0, 0.1) is 6.92 Å². The fraction of sp³-hybridized carbons (Fsp3) is 0.333. The Bertz CT molecular complexity index is 126. The average molecular weight is 109 g/mol. The van der Waals surface area contributed by atoms with Crippen LogP contribution in [0.15, 0.2) is 17.3 Å². The summed E-state index contributed by atoms with van der Waals surface area (Å²) in [6.45, 7) is 9.15. The third-order valence-electron chi connectivity index (χ3n) is 1.10. The van der Waals surface area contributed by atoms with Gasteiger partial charge in [-0.2, -0.15) is 0 Å². The zero-order valence-corrected chi connectivity index (χ0v) is 4.80. The van der Waals surface area contributed by atoms with Gasteiger partial charge in [0.05, 0.1) is 12.9 Å². The van der Waals surface area contributed by atoms with E-state index in [4.69, 9.17) is 0 Å². The summed E-state index contributed by atoms with van der Waals surface area (Å²) in [5.74, 6) is 0. The highest BCUT2D eigenvalue weighted by Crippen LogP contribution is 1.99. The number of hydrogen-bond acceptors (Lipinski definition) is 2. The summed E-state index contributed by atoms with van der Waals surface area (Å²) >= 11 is 0. The van der Waals surface area contributed by atoms with Crippen LogP contribution < -0.4 is 0 Å². The van der Waals surface area contributed by atoms with Gasteiger partial charge in [0.15, 0.2) is 0 Å². The molecule has 0 saturated carbocycles. The standard InChI is InChI=1S/C6H9N2/c1-6(2)8-4-3-7-5-8/h5H,1-4H2. The lowest BCUT2D eigenvalue weighted by atomic mass is 10.5. The molecular weight excluding hydrogens is 100 g/mol. The maximum atomic E-state index is 3.99. The predicted octanol–water partition coefficient (Wildman–Crippen LogP) is 0.678. The Morgan fingerprint density at radius 1 is 1.75 bits per heavy atom. The maximum absolute atomic E-state index is 3.99. The Morgan fingerprint density at radius 2 is 2.50 bits per heavy atom. The Balaban J connectivity index is 2.48. The molecule has 0 aromatic rings. The van der Waals surface area contributed by atoms with Gasteiger partial charge in [-0.1, -0.05) is 6.58 Å². The van der Waals surface area contributed by atoms with Crippen LogP contribution in [-0.4, -0.2) is 24.3 Å². The molecule has 1 rings (SSSR count). The Hall–Kier alpha value is -0.790. The molecule has 0 saturated heterocycles. The molecule has 2 nitrogen and oxygen atoms in total. The van der Waals surface area contributed by atoms with Crippen LogP contribution in [0.1, 0.15) is 0 Å². The van der Waals surface area contributed by atoms with Crippen LogP contribution in [0.4, 0.5) is 0 Å². The molecule has 0 aromatic carbocycles. The minimum atomic E-state index is 0.825. The second kappa shape index (κ2) is 1.99. The molecule has 0 aliphatic carbocycles. The summed E-state index contributed by atoms with van der Waals surface area (Å²) in [7, 11) is 0. The summed E-state index contributed by atoms with van der Waals surface area (Å²) in [4.78, 5) is 5.92. The van der Waals surface area contributed by atoms with E-state index < -0.39 is 0 Å². The molecule has 1 aliphatic rings. The number of aliphatic imine (C=N–C) groups is 1. The third kappa shape index (κ3) is 0.886. The van der Waals surface area contributed by atoms with Crippen molar-refractivity contribution in [3.05, 3.63) is 19.2 Å². The van der Waals surface area contributed by atoms with Crippen LogP contribution in [0.2, 0.25) is 0 Å². The number of nitrogens with zero attached hydrogens (tertiary/aromatic N) is 2. The van der Waals surface area contributed by atoms with E-state index in [2.05, 4.69) is 18.5 Å². The fourth-order valence-corrected chi connectivity index (χ4v) is 0.619. The van der Waals surface area contributed by atoms with Crippen molar-refractivity contribution < 1.29 is 0 Å². The van der Waals surface area contributed by atoms with E-state index in [1.54, 1.807) is 6.34 Å². The van der Waals surface area contributed by atoms with E-state index in [1.807, 2.05) is 4.90 Å². The van der Waals surface area contributed by atoms with E-state index in [-0.39, 0.29) is 0 Å². The van der Waals surface area contributed by atoms with Crippen molar-refractivity contribution in [3.63, 3.8) is 0 Å². The van der Waals surface area contributed by atoms with Gasteiger partial charge in [-0.05, 0) is 6.92 Å². The highest BCUT2D eigenvalue weighted by molar-refractivity contribution is 5.60. The van der Waals surface area contributed by atoms with Gasteiger partial charge in [0.25, 0.3) is 0 Å². The van der Waals surface area contributed by atoms with Crippen LogP contribution >= 0.6 is 0 Å². The highest BCUT2D eigenvalue weighted by Gasteiger charge is 2.03. The third-order valence-corrected chi connectivity index (χ3v) is 1.10. The zero-order chi connectivity index (χ0) is 5.98. The van der Waals surface area contributed by atoms with E-state index in [9.17, 15) is 0 Å². The maximum Gasteiger partial charge on any atom is 0.0893 e. The summed E-state index contributed by atoms with van der Waals surface area (Å²) < 4.78 is 0. The van der Waals surface area contributed by atoms with Crippen molar-refractivity contribution in [1.82, 2.24) is 4.90 Å². The molecule has 0 atom stereocenters. The summed E-state index contributed by atoms with van der Waals surface area (Å²) in [6.07, 6.45) is 1.77. The topological polar surface area (TPSA) is 15.6 Å². The Kier molecular flexibility index (Phi) is 1.33. The second-order valence-corrected chi connectivity index (χ2v) is 1.78. The van der Waals surface area contributed by atoms with Crippen molar-refractivity contribution >= 4 is 6.34 Å². The van der Waals surface area contributed by atoms with E-state index in [1.165, 1.54) is 0 Å². The van der Waals surface area contributed by atoms with Crippen molar-refractivity contribution in [1.29, 1.82) is 0 Å². The van der Waals surface area contributed by atoms with Gasteiger partial charge in [-0.25, -0.2) is 0 Å². The molecule has 1 aliphatic heterocycles. The molecule has 8 heavy (non-hydrogen) atoms. The Morgan fingerprint density at radius 3 is 2.75 bits per heavy atom. The van der Waals surface area contributed by atoms with Gasteiger partial charge in [-0.3, -0.25) is 4.99 Å². The average Bonchev–Trinajstić information content (AvgIpc) is 2.12. The van der Waals surface area contributed by atoms with Crippen LogP contribution in [0.5, 0.6) is 0 Å². The van der Waals surface area contributed by atoms with Crippen LogP contribution in [0.25, 0.3) is 0 Å². The van der Waals surface area contributed by atoms with E-state index >= 15 is 0 Å². The Labute approximate surface area is 49.5 Å². The van der Waals surface area contributed by atoms with Crippen molar-refractivity contribution in [3.8, 4) is 0 Å². The summed E-state index contributed by atoms with van der Waals surface area (Å²) in [6, 6.07) is 0. The molecule has 1 radical (unpaired) electrons. The monoisotopic (exact) mass is 109 g/mol. The van der Waals surface area contributed by atoms with Crippen molar-refractivity contribution in [2.24, 2.45) is 4.99 Å². The predicted molar refractivity (Wildman–Crippen MR) is 34.6 cm³/mol. The minimum Gasteiger partial charge on any atom is -0.335 e. The molecule has 1 heterocycles. The van der Waals surface area contributed by atoms with Crippen LogP contribution in [-0.2, 0) is 0 Å². The molecular formula is C6H9N2. The summed E-state index contributed by atoms with van der Waals surface area (Å²) in [5, 5.41) is 0. The lowest BCUT2D eigenvalue weighted by Gasteiger charge is -2.10. The molecule has 2 heteroatoms. The number of allylic oxidation sites excluding steroid dienone is 1. The van der Waals surface area contributed by atoms with Crippen molar-refractivity contribution in [2.45, 2.75) is 0 Å². The quantitative estimate of drug-likeness (QED) is 0.483. The molecule has 0 bridgehead atoms. The van der Waals surface area contributed by atoms with Gasteiger partial charge >= 0.3 is 0 Å². The van der Waals surface area contributed by atoms with Gasteiger partial charge in [0.2, 0.25) is 0 Å². The molecule has 0 amide bonds.